The number of nitrogens with zero attached hydrogens (tertiary/aromatic N) is 2. The SMILES string of the molecule is Nc1ccc2[nH]c(-c3c(N)cccc3Cl)nc2n1. The highest BCUT2D eigenvalue weighted by atomic mass is 35.5. The maximum absolute atomic E-state index is 6.14. The first-order valence-electron chi connectivity index (χ1n) is 5.32. The molecule has 0 saturated carbocycles. The van der Waals surface area contributed by atoms with Gasteiger partial charge in [0.2, 0.25) is 0 Å². The van der Waals surface area contributed by atoms with Crippen LogP contribution in [0.4, 0.5) is 11.5 Å². The number of aromatic nitrogens is 3. The van der Waals surface area contributed by atoms with E-state index in [-0.39, 0.29) is 0 Å². The van der Waals surface area contributed by atoms with E-state index in [1.54, 1.807) is 24.3 Å². The molecule has 0 unspecified atom stereocenters. The number of imidazole rings is 1. The summed E-state index contributed by atoms with van der Waals surface area (Å²) in [5.74, 6) is 1.01. The number of fused-ring (bicyclic) bond motifs is 1. The molecular weight excluding hydrogens is 250 g/mol. The number of rotatable bonds is 1. The molecule has 6 heteroatoms. The van der Waals surface area contributed by atoms with Gasteiger partial charge in [-0.25, -0.2) is 9.97 Å². The van der Waals surface area contributed by atoms with Gasteiger partial charge in [0.25, 0.3) is 0 Å². The molecule has 90 valence electrons. The highest BCUT2D eigenvalue weighted by Gasteiger charge is 2.12. The lowest BCUT2D eigenvalue weighted by atomic mass is 10.2. The molecule has 5 N–H and O–H groups in total. The molecule has 0 spiro atoms. The quantitative estimate of drug-likeness (QED) is 0.585. The fourth-order valence-corrected chi connectivity index (χ4v) is 2.09. The van der Waals surface area contributed by atoms with Crippen LogP contribution in [0, 0.1) is 0 Å². The van der Waals surface area contributed by atoms with Gasteiger partial charge in [-0.05, 0) is 24.3 Å². The Morgan fingerprint density at radius 3 is 2.67 bits per heavy atom. The third-order valence-corrected chi connectivity index (χ3v) is 2.97. The van der Waals surface area contributed by atoms with Crippen molar-refractivity contribution in [3.05, 3.63) is 35.4 Å². The summed E-state index contributed by atoms with van der Waals surface area (Å²) in [6.07, 6.45) is 0. The molecule has 18 heavy (non-hydrogen) atoms. The van der Waals surface area contributed by atoms with E-state index in [0.29, 0.717) is 33.6 Å². The lowest BCUT2D eigenvalue weighted by Crippen LogP contribution is -1.92. The minimum absolute atomic E-state index is 0.424. The molecule has 1 aromatic carbocycles. The second-order valence-corrected chi connectivity index (χ2v) is 4.30. The third kappa shape index (κ3) is 1.65. The molecule has 2 heterocycles. The monoisotopic (exact) mass is 259 g/mol. The Labute approximate surface area is 108 Å². The number of nitrogens with one attached hydrogen (secondary N) is 1. The maximum atomic E-state index is 6.14. The van der Waals surface area contributed by atoms with E-state index in [1.807, 2.05) is 6.07 Å². The summed E-state index contributed by atoms with van der Waals surface area (Å²) < 4.78 is 0. The van der Waals surface area contributed by atoms with Gasteiger partial charge < -0.3 is 16.5 Å². The van der Waals surface area contributed by atoms with Gasteiger partial charge >= 0.3 is 0 Å². The molecular formula is C12H10ClN5. The Morgan fingerprint density at radius 2 is 1.89 bits per heavy atom. The van der Waals surface area contributed by atoms with Gasteiger partial charge in [0.1, 0.15) is 11.6 Å². The highest BCUT2D eigenvalue weighted by Crippen LogP contribution is 2.32. The lowest BCUT2D eigenvalue weighted by Gasteiger charge is -2.03. The van der Waals surface area contributed by atoms with Crippen LogP contribution in [0.15, 0.2) is 30.3 Å². The van der Waals surface area contributed by atoms with E-state index in [9.17, 15) is 0 Å². The number of benzene rings is 1. The molecule has 0 bridgehead atoms. The first kappa shape index (κ1) is 10.9. The van der Waals surface area contributed by atoms with Crippen LogP contribution >= 0.6 is 11.6 Å². The maximum Gasteiger partial charge on any atom is 0.180 e. The molecule has 3 rings (SSSR count). The summed E-state index contributed by atoms with van der Waals surface area (Å²) in [4.78, 5) is 11.6. The van der Waals surface area contributed by atoms with Crippen molar-refractivity contribution in [3.63, 3.8) is 0 Å². The van der Waals surface area contributed by atoms with Crippen LogP contribution in [0.5, 0.6) is 0 Å². The van der Waals surface area contributed by atoms with Gasteiger partial charge in [0, 0.05) is 5.69 Å². The molecule has 0 radical (unpaired) electrons. The van der Waals surface area contributed by atoms with Crippen LogP contribution in [0.25, 0.3) is 22.6 Å². The number of hydrogen-bond donors (Lipinski definition) is 3. The molecule has 3 aromatic rings. The summed E-state index contributed by atoms with van der Waals surface area (Å²) in [6.45, 7) is 0. The second-order valence-electron chi connectivity index (χ2n) is 3.90. The lowest BCUT2D eigenvalue weighted by molar-refractivity contribution is 1.30. The normalized spacial score (nSPS) is 10.9. The fourth-order valence-electron chi connectivity index (χ4n) is 1.82. The molecule has 0 aliphatic rings. The number of anilines is 2. The Bertz CT molecular complexity index is 714. The van der Waals surface area contributed by atoms with Crippen molar-refractivity contribution in [2.75, 3.05) is 11.5 Å². The minimum Gasteiger partial charge on any atom is -0.398 e. The summed E-state index contributed by atoms with van der Waals surface area (Å²) in [7, 11) is 0. The van der Waals surface area contributed by atoms with Gasteiger partial charge in [-0.3, -0.25) is 0 Å². The summed E-state index contributed by atoms with van der Waals surface area (Å²) in [6, 6.07) is 8.86. The van der Waals surface area contributed by atoms with Crippen molar-refractivity contribution in [2.24, 2.45) is 0 Å². The van der Waals surface area contributed by atoms with E-state index in [2.05, 4.69) is 15.0 Å². The standard InChI is InChI=1S/C12H10ClN5/c13-6-2-1-3-7(14)10(6)12-16-8-4-5-9(15)17-11(8)18-12/h1-5H,14H2,(H3,15,16,17,18). The van der Waals surface area contributed by atoms with E-state index >= 15 is 0 Å². The zero-order chi connectivity index (χ0) is 12.7. The largest absolute Gasteiger partial charge is 0.398 e. The van der Waals surface area contributed by atoms with Gasteiger partial charge in [-0.1, -0.05) is 17.7 Å². The van der Waals surface area contributed by atoms with Gasteiger partial charge in [0.05, 0.1) is 16.1 Å². The van der Waals surface area contributed by atoms with E-state index < -0.39 is 0 Å². The molecule has 0 saturated heterocycles. The third-order valence-electron chi connectivity index (χ3n) is 2.65. The summed E-state index contributed by atoms with van der Waals surface area (Å²) in [5.41, 5.74) is 14.1. The number of aromatic amines is 1. The molecule has 0 atom stereocenters. The van der Waals surface area contributed by atoms with Crippen LogP contribution in [-0.2, 0) is 0 Å². The van der Waals surface area contributed by atoms with Crippen molar-refractivity contribution in [2.45, 2.75) is 0 Å². The number of hydrogen-bond acceptors (Lipinski definition) is 4. The predicted molar refractivity (Wildman–Crippen MR) is 73.2 cm³/mol. The average molecular weight is 260 g/mol. The van der Waals surface area contributed by atoms with Gasteiger partial charge in [-0.2, -0.15) is 0 Å². The molecule has 0 aliphatic heterocycles. The van der Waals surface area contributed by atoms with E-state index in [1.165, 1.54) is 0 Å². The van der Waals surface area contributed by atoms with Crippen molar-refractivity contribution in [3.8, 4) is 11.4 Å². The minimum atomic E-state index is 0.424. The molecule has 5 nitrogen and oxygen atoms in total. The predicted octanol–water partition coefficient (Wildman–Crippen LogP) is 2.44. The topological polar surface area (TPSA) is 93.6 Å². The fraction of sp³-hybridized carbons (Fsp3) is 0. The highest BCUT2D eigenvalue weighted by molar-refractivity contribution is 6.33. The van der Waals surface area contributed by atoms with E-state index in [4.69, 9.17) is 23.1 Å². The molecule has 2 aromatic heterocycles. The Morgan fingerprint density at radius 1 is 1.06 bits per heavy atom. The van der Waals surface area contributed by atoms with Crippen molar-refractivity contribution < 1.29 is 0 Å². The van der Waals surface area contributed by atoms with Crippen LogP contribution in [0.3, 0.4) is 0 Å². The average Bonchev–Trinajstić information content (AvgIpc) is 2.71. The Kier molecular flexibility index (Phi) is 2.34. The Hall–Kier alpha value is -2.27. The summed E-state index contributed by atoms with van der Waals surface area (Å²) in [5, 5.41) is 0.544. The zero-order valence-corrected chi connectivity index (χ0v) is 10.1. The molecule has 0 amide bonds. The first-order chi connectivity index (χ1) is 8.65. The van der Waals surface area contributed by atoms with Crippen molar-refractivity contribution in [1.82, 2.24) is 15.0 Å². The number of H-pyrrole nitrogens is 1. The number of halogens is 1. The van der Waals surface area contributed by atoms with Crippen LogP contribution in [0.2, 0.25) is 5.02 Å². The van der Waals surface area contributed by atoms with Crippen LogP contribution in [-0.4, -0.2) is 15.0 Å². The van der Waals surface area contributed by atoms with Crippen LogP contribution in [0.1, 0.15) is 0 Å². The van der Waals surface area contributed by atoms with E-state index in [0.717, 1.165) is 5.52 Å². The number of nitrogens with two attached hydrogens (primary N) is 2. The Balaban J connectivity index is 2.26. The van der Waals surface area contributed by atoms with Crippen LogP contribution < -0.4 is 11.5 Å². The van der Waals surface area contributed by atoms with Crippen molar-refractivity contribution >= 4 is 34.3 Å². The molecule has 0 aliphatic carbocycles. The second kappa shape index (κ2) is 3.89. The zero-order valence-electron chi connectivity index (χ0n) is 9.31. The smallest absolute Gasteiger partial charge is 0.180 e. The number of pyridine rings is 1. The van der Waals surface area contributed by atoms with Gasteiger partial charge in [-0.15, -0.1) is 0 Å². The molecule has 0 fully saturated rings. The number of nitrogen functional groups attached to an aromatic ring is 2. The van der Waals surface area contributed by atoms with Gasteiger partial charge in [0.15, 0.2) is 5.65 Å². The first-order valence-corrected chi connectivity index (χ1v) is 5.69. The summed E-state index contributed by atoms with van der Waals surface area (Å²) >= 11 is 6.14. The van der Waals surface area contributed by atoms with Crippen molar-refractivity contribution in [1.29, 1.82) is 0 Å².